The van der Waals surface area contributed by atoms with Crippen LogP contribution in [0.15, 0.2) is 11.3 Å². The predicted molar refractivity (Wildman–Crippen MR) is 114 cm³/mol. The summed E-state index contributed by atoms with van der Waals surface area (Å²) in [6, 6.07) is 0. The smallest absolute Gasteiger partial charge is 0.449 e. The summed E-state index contributed by atoms with van der Waals surface area (Å²) in [5.41, 5.74) is 0.371. The number of ether oxygens (including phenoxy) is 2. The molecular weight excluding hydrogens is 441 g/mol. The number of aliphatic hydroxyl groups excluding tert-OH is 1. The lowest BCUT2D eigenvalue weighted by Crippen LogP contribution is -2.52. The molecule has 190 valence electrons. The standard InChI is InChI=1S/C23H37F3N2O5/c1-15-4-5-17-18(14-28-10-8-27(9-11-28)12-13-29)20(23(24,25)26)31-21-19(17)16(15)6-7-22(2,32-21)33-30-3/h15-17,19,21,29H,4-14H2,1-3H3/t15-,16+,17+,19?,21-,22+/m1/s1. The van der Waals surface area contributed by atoms with Gasteiger partial charge in [0.2, 0.25) is 17.8 Å². The molecule has 0 aromatic heterocycles. The molecule has 33 heavy (non-hydrogen) atoms. The number of rotatable bonds is 6. The molecule has 0 aromatic rings. The lowest BCUT2D eigenvalue weighted by molar-refractivity contribution is -0.438. The van der Waals surface area contributed by atoms with E-state index in [-0.39, 0.29) is 30.9 Å². The van der Waals surface area contributed by atoms with Gasteiger partial charge < -0.3 is 14.6 Å². The van der Waals surface area contributed by atoms with E-state index < -0.39 is 24.0 Å². The lowest BCUT2D eigenvalue weighted by Gasteiger charge is -2.49. The Bertz CT molecular complexity index is 713. The summed E-state index contributed by atoms with van der Waals surface area (Å²) in [5, 5.41) is 9.16. The van der Waals surface area contributed by atoms with Gasteiger partial charge in [0.05, 0.1) is 13.7 Å². The normalized spacial score (nSPS) is 38.6. The Morgan fingerprint density at radius 1 is 1.12 bits per heavy atom. The Hall–Kier alpha value is -0.910. The van der Waals surface area contributed by atoms with Crippen LogP contribution >= 0.6 is 0 Å². The first kappa shape index (κ1) is 25.2. The molecule has 4 rings (SSSR count). The molecule has 6 atom stereocenters. The molecule has 0 bridgehead atoms. The molecule has 0 aromatic carbocycles. The van der Waals surface area contributed by atoms with E-state index in [0.29, 0.717) is 44.0 Å². The number of aliphatic hydroxyl groups is 1. The fourth-order valence-electron chi connectivity index (χ4n) is 6.31. The maximum atomic E-state index is 14.3. The Morgan fingerprint density at radius 2 is 1.82 bits per heavy atom. The number of halogens is 3. The van der Waals surface area contributed by atoms with Crippen LogP contribution < -0.4 is 0 Å². The zero-order valence-electron chi connectivity index (χ0n) is 19.8. The van der Waals surface area contributed by atoms with Gasteiger partial charge >= 0.3 is 6.18 Å². The molecule has 1 aliphatic carbocycles. The highest BCUT2D eigenvalue weighted by Crippen LogP contribution is 2.55. The molecule has 10 heteroatoms. The van der Waals surface area contributed by atoms with Crippen LogP contribution in [0.3, 0.4) is 0 Å². The first-order valence-electron chi connectivity index (χ1n) is 12.1. The molecule has 4 aliphatic rings. The lowest BCUT2D eigenvalue weighted by atomic mass is 9.62. The van der Waals surface area contributed by atoms with Gasteiger partial charge in [0, 0.05) is 51.6 Å². The Balaban J connectivity index is 1.63. The first-order chi connectivity index (χ1) is 15.6. The molecule has 2 saturated heterocycles. The number of piperazine rings is 1. The van der Waals surface area contributed by atoms with Crippen LogP contribution in [0.4, 0.5) is 13.2 Å². The van der Waals surface area contributed by atoms with Gasteiger partial charge in [-0.2, -0.15) is 13.2 Å². The van der Waals surface area contributed by atoms with Gasteiger partial charge in [-0.1, -0.05) is 6.92 Å². The predicted octanol–water partition coefficient (Wildman–Crippen LogP) is 3.15. The van der Waals surface area contributed by atoms with Crippen LogP contribution in [0.5, 0.6) is 0 Å². The van der Waals surface area contributed by atoms with Crippen LogP contribution in [0.1, 0.15) is 39.5 Å². The molecule has 0 amide bonds. The molecule has 3 fully saturated rings. The van der Waals surface area contributed by atoms with Gasteiger partial charge in [-0.3, -0.25) is 9.80 Å². The summed E-state index contributed by atoms with van der Waals surface area (Å²) in [5.74, 6) is -1.85. The number of nitrogens with zero attached hydrogens (tertiary/aromatic N) is 2. The third kappa shape index (κ3) is 5.36. The number of hydrogen-bond acceptors (Lipinski definition) is 7. The van der Waals surface area contributed by atoms with E-state index in [1.54, 1.807) is 6.92 Å². The third-order valence-electron chi connectivity index (χ3n) is 8.00. The minimum atomic E-state index is -4.59. The van der Waals surface area contributed by atoms with Gasteiger partial charge in [-0.15, -0.1) is 0 Å². The van der Waals surface area contributed by atoms with E-state index in [1.807, 2.05) is 0 Å². The fourth-order valence-corrected chi connectivity index (χ4v) is 6.31. The molecule has 1 N–H and O–H groups in total. The van der Waals surface area contributed by atoms with E-state index in [9.17, 15) is 13.2 Å². The van der Waals surface area contributed by atoms with Crippen molar-refractivity contribution < 1.29 is 37.5 Å². The zero-order chi connectivity index (χ0) is 23.8. The monoisotopic (exact) mass is 478 g/mol. The van der Waals surface area contributed by atoms with Crippen LogP contribution in [0.2, 0.25) is 0 Å². The number of β-amino-alcohol motifs (C(OH)–C–C–N with tert-alkyl or cyclic N) is 1. The number of hydrogen-bond donors (Lipinski definition) is 1. The van der Waals surface area contributed by atoms with Gasteiger partial charge in [0.1, 0.15) is 0 Å². The second kappa shape index (κ2) is 9.99. The van der Waals surface area contributed by atoms with Crippen LogP contribution in [-0.4, -0.2) is 86.1 Å². The van der Waals surface area contributed by atoms with Crippen molar-refractivity contribution in [3.8, 4) is 0 Å². The van der Waals surface area contributed by atoms with E-state index in [2.05, 4.69) is 16.7 Å². The Kier molecular flexibility index (Phi) is 7.62. The Labute approximate surface area is 193 Å². The van der Waals surface area contributed by atoms with Gasteiger partial charge in [0.15, 0.2) is 0 Å². The summed E-state index contributed by atoms with van der Waals surface area (Å²) in [6.07, 6.45) is -2.70. The van der Waals surface area contributed by atoms with Crippen molar-refractivity contribution in [2.75, 3.05) is 53.0 Å². The highest BCUT2D eigenvalue weighted by molar-refractivity contribution is 5.24. The van der Waals surface area contributed by atoms with Crippen molar-refractivity contribution in [3.63, 3.8) is 0 Å². The molecule has 0 radical (unpaired) electrons. The molecule has 0 spiro atoms. The largest absolute Gasteiger partial charge is 0.459 e. The summed E-state index contributed by atoms with van der Waals surface area (Å²) in [7, 11) is 1.37. The molecule has 1 saturated carbocycles. The fraction of sp³-hybridized carbons (Fsp3) is 0.913. The van der Waals surface area contributed by atoms with E-state index in [1.165, 1.54) is 7.11 Å². The van der Waals surface area contributed by atoms with Crippen molar-refractivity contribution in [3.05, 3.63) is 11.3 Å². The number of alkyl halides is 3. The molecule has 3 heterocycles. The van der Waals surface area contributed by atoms with E-state index >= 15 is 0 Å². The van der Waals surface area contributed by atoms with E-state index in [0.717, 1.165) is 25.9 Å². The van der Waals surface area contributed by atoms with Crippen molar-refractivity contribution in [2.45, 2.75) is 57.8 Å². The number of allylic oxidation sites excluding steroid dienone is 1. The van der Waals surface area contributed by atoms with Gasteiger partial charge in [-0.05, 0) is 49.5 Å². The van der Waals surface area contributed by atoms with Crippen molar-refractivity contribution >= 4 is 0 Å². The van der Waals surface area contributed by atoms with Crippen LogP contribution in [0.25, 0.3) is 0 Å². The molecule has 1 unspecified atom stereocenters. The Morgan fingerprint density at radius 3 is 2.45 bits per heavy atom. The maximum Gasteiger partial charge on any atom is 0.449 e. The molecular formula is C23H37F3N2O5. The first-order valence-corrected chi connectivity index (χ1v) is 12.1. The third-order valence-corrected chi connectivity index (χ3v) is 8.00. The zero-order valence-corrected chi connectivity index (χ0v) is 19.8. The minimum absolute atomic E-state index is 0.0909. The summed E-state index contributed by atoms with van der Waals surface area (Å²) in [4.78, 5) is 14.4. The summed E-state index contributed by atoms with van der Waals surface area (Å²) < 4.78 is 54.6. The summed E-state index contributed by atoms with van der Waals surface area (Å²) >= 11 is 0. The van der Waals surface area contributed by atoms with E-state index in [4.69, 9.17) is 24.4 Å². The van der Waals surface area contributed by atoms with Crippen molar-refractivity contribution in [1.29, 1.82) is 0 Å². The quantitative estimate of drug-likeness (QED) is 0.465. The maximum absolute atomic E-state index is 14.3. The average Bonchev–Trinajstić information content (AvgIpc) is 2.90. The van der Waals surface area contributed by atoms with Crippen molar-refractivity contribution in [2.24, 2.45) is 23.7 Å². The summed E-state index contributed by atoms with van der Waals surface area (Å²) in [6.45, 7) is 7.65. The molecule has 3 aliphatic heterocycles. The van der Waals surface area contributed by atoms with Crippen LogP contribution in [0, 0.1) is 23.7 Å². The second-order valence-electron chi connectivity index (χ2n) is 10.1. The van der Waals surface area contributed by atoms with Crippen LogP contribution in [-0.2, 0) is 19.2 Å². The van der Waals surface area contributed by atoms with Crippen molar-refractivity contribution in [1.82, 2.24) is 9.80 Å². The van der Waals surface area contributed by atoms with Gasteiger partial charge in [0.25, 0.3) is 0 Å². The second-order valence-corrected chi connectivity index (χ2v) is 10.1. The van der Waals surface area contributed by atoms with Gasteiger partial charge in [-0.25, -0.2) is 9.78 Å². The highest BCUT2D eigenvalue weighted by atomic mass is 19.4. The highest BCUT2D eigenvalue weighted by Gasteiger charge is 2.56. The SMILES string of the molecule is COO[C@@]1(C)CC[C@@H]2C3[C@H](OC(C(F)(F)F)=C(CN4CCN(CCO)CC4)[C@@H]3CC[C@H]2C)O1. The minimum Gasteiger partial charge on any atom is -0.459 e. The molecule has 7 nitrogen and oxygen atoms in total. The average molecular weight is 479 g/mol. The topological polar surface area (TPSA) is 63.6 Å².